The van der Waals surface area contributed by atoms with Crippen LogP contribution in [-0.2, 0) is 0 Å². The number of ether oxygens (including phenoxy) is 1. The van der Waals surface area contributed by atoms with Crippen LogP contribution in [0.5, 0.6) is 5.88 Å². The lowest BCUT2D eigenvalue weighted by Crippen LogP contribution is -2.01. The predicted molar refractivity (Wildman–Crippen MR) is 113 cm³/mol. The van der Waals surface area contributed by atoms with Crippen molar-refractivity contribution in [3.05, 3.63) is 52.9 Å². The molecule has 154 valence electrons. The van der Waals surface area contributed by atoms with Gasteiger partial charge in [-0.2, -0.15) is 13.2 Å². The van der Waals surface area contributed by atoms with E-state index in [2.05, 4.69) is 20.3 Å². The fourth-order valence-corrected chi connectivity index (χ4v) is 4.32. The van der Waals surface area contributed by atoms with Crippen molar-refractivity contribution in [2.24, 2.45) is 0 Å². The topological polar surface area (TPSA) is 59.9 Å². The first-order chi connectivity index (χ1) is 14.3. The van der Waals surface area contributed by atoms with Crippen LogP contribution in [0.3, 0.4) is 0 Å². The predicted octanol–water partition coefficient (Wildman–Crippen LogP) is 6.85. The van der Waals surface area contributed by atoms with Crippen molar-refractivity contribution in [3.63, 3.8) is 0 Å². The van der Waals surface area contributed by atoms with E-state index in [0.717, 1.165) is 5.39 Å². The molecule has 0 atom stereocenters. The van der Waals surface area contributed by atoms with Crippen molar-refractivity contribution in [1.82, 2.24) is 15.0 Å². The van der Waals surface area contributed by atoms with Crippen LogP contribution in [-0.4, -0.2) is 27.6 Å². The third-order valence-corrected chi connectivity index (χ3v) is 5.46. The van der Waals surface area contributed by atoms with Crippen LogP contribution in [0, 0.1) is 0 Å². The molecule has 0 aliphatic carbocycles. The van der Waals surface area contributed by atoms with Crippen LogP contribution >= 0.6 is 35.0 Å². The summed E-state index contributed by atoms with van der Waals surface area (Å²) < 4.78 is 43.4. The molecule has 0 saturated heterocycles. The lowest BCUT2D eigenvalue weighted by Gasteiger charge is -2.16. The molecular weight excluding hydrogens is 460 g/mol. The molecule has 1 aromatic carbocycles. The van der Waals surface area contributed by atoms with Crippen molar-refractivity contribution in [1.29, 1.82) is 0 Å². The summed E-state index contributed by atoms with van der Waals surface area (Å²) in [6, 6.07) is 5.85. The molecule has 5 nitrogen and oxygen atoms in total. The van der Waals surface area contributed by atoms with Gasteiger partial charge in [-0.05, 0) is 36.0 Å². The summed E-state index contributed by atoms with van der Waals surface area (Å²) in [6.45, 7) is 0. The number of methoxy groups -OCH3 is 1. The van der Waals surface area contributed by atoms with Gasteiger partial charge in [0.1, 0.15) is 5.82 Å². The van der Waals surface area contributed by atoms with Gasteiger partial charge in [0.2, 0.25) is 5.88 Å². The highest BCUT2D eigenvalue weighted by Gasteiger charge is 2.30. The van der Waals surface area contributed by atoms with Gasteiger partial charge in [-0.15, -0.1) is 0 Å². The Balaban J connectivity index is 1.87. The van der Waals surface area contributed by atoms with E-state index in [1.165, 1.54) is 19.2 Å². The lowest BCUT2D eigenvalue weighted by molar-refractivity contribution is -0.0328. The van der Waals surface area contributed by atoms with Crippen molar-refractivity contribution in [2.45, 2.75) is 10.4 Å². The summed E-state index contributed by atoms with van der Waals surface area (Å²) in [7, 11) is 1.50. The Hall–Kier alpha value is -2.49. The highest BCUT2D eigenvalue weighted by molar-refractivity contribution is 8.00. The van der Waals surface area contributed by atoms with Gasteiger partial charge < -0.3 is 10.1 Å². The smallest absolute Gasteiger partial charge is 0.446 e. The normalized spacial score (nSPS) is 11.8. The second kappa shape index (κ2) is 7.98. The van der Waals surface area contributed by atoms with Gasteiger partial charge in [0.25, 0.3) is 0 Å². The number of halogens is 5. The van der Waals surface area contributed by atoms with E-state index in [-0.39, 0.29) is 32.4 Å². The molecule has 0 saturated carbocycles. The van der Waals surface area contributed by atoms with E-state index < -0.39 is 5.51 Å². The molecule has 4 rings (SSSR count). The minimum absolute atomic E-state index is 0.0278. The first-order valence-electron chi connectivity index (χ1n) is 8.35. The largest absolute Gasteiger partial charge is 0.481 e. The Morgan fingerprint density at radius 2 is 1.80 bits per heavy atom. The second-order valence-corrected chi connectivity index (χ2v) is 7.98. The standard InChI is InChI=1S/C19H11Cl2F3N4OS/c1-29-18-15-10(2-5-26-18)17(27-14-3-4-25-8-11(14)15)28-16-12(20)6-9(7-13(16)21)30-19(22,23)24/h2-8H,1H3,(H,27,28). The molecule has 0 aliphatic heterocycles. The fourth-order valence-electron chi connectivity index (χ4n) is 2.99. The zero-order valence-corrected chi connectivity index (χ0v) is 17.4. The summed E-state index contributed by atoms with van der Waals surface area (Å²) in [5, 5.41) is 5.17. The maximum Gasteiger partial charge on any atom is 0.446 e. The number of fused-ring (bicyclic) bond motifs is 3. The summed E-state index contributed by atoms with van der Waals surface area (Å²) in [5.41, 5.74) is -3.60. The lowest BCUT2D eigenvalue weighted by atomic mass is 10.1. The molecule has 3 heterocycles. The average Bonchev–Trinajstić information content (AvgIpc) is 2.69. The number of benzene rings is 1. The van der Waals surface area contributed by atoms with Crippen molar-refractivity contribution in [2.75, 3.05) is 12.4 Å². The number of alkyl halides is 3. The number of aromatic nitrogens is 3. The van der Waals surface area contributed by atoms with Crippen LogP contribution in [0.25, 0.3) is 21.7 Å². The molecule has 0 aliphatic rings. The Morgan fingerprint density at radius 3 is 2.47 bits per heavy atom. The highest BCUT2D eigenvalue weighted by atomic mass is 35.5. The zero-order chi connectivity index (χ0) is 21.5. The van der Waals surface area contributed by atoms with Gasteiger partial charge in [-0.25, -0.2) is 9.97 Å². The molecular formula is C19H11Cl2F3N4OS. The molecule has 0 fully saturated rings. The number of anilines is 2. The third kappa shape index (κ3) is 4.05. The van der Waals surface area contributed by atoms with Gasteiger partial charge in [0.05, 0.1) is 33.7 Å². The molecule has 4 aromatic rings. The average molecular weight is 471 g/mol. The van der Waals surface area contributed by atoms with Crippen LogP contribution in [0.2, 0.25) is 10.0 Å². The number of hydrogen-bond acceptors (Lipinski definition) is 6. The van der Waals surface area contributed by atoms with Crippen molar-refractivity contribution in [3.8, 4) is 5.88 Å². The highest BCUT2D eigenvalue weighted by Crippen LogP contribution is 2.43. The Kier molecular flexibility index (Phi) is 5.52. The molecule has 0 bridgehead atoms. The minimum atomic E-state index is -4.45. The zero-order valence-electron chi connectivity index (χ0n) is 15.1. The SMILES string of the molecule is COc1nccc2c(Nc3c(Cl)cc(SC(F)(F)F)cc3Cl)nc3ccncc3c12. The van der Waals surface area contributed by atoms with E-state index in [9.17, 15) is 13.2 Å². The molecule has 0 amide bonds. The maximum atomic E-state index is 12.7. The fraction of sp³-hybridized carbons (Fsp3) is 0.105. The molecule has 0 spiro atoms. The van der Waals surface area contributed by atoms with Gasteiger partial charge >= 0.3 is 5.51 Å². The Morgan fingerprint density at radius 1 is 1.07 bits per heavy atom. The minimum Gasteiger partial charge on any atom is -0.481 e. The van der Waals surface area contributed by atoms with E-state index in [4.69, 9.17) is 27.9 Å². The van der Waals surface area contributed by atoms with E-state index >= 15 is 0 Å². The summed E-state index contributed by atoms with van der Waals surface area (Å²) in [5.74, 6) is 0.773. The maximum absolute atomic E-state index is 12.7. The van der Waals surface area contributed by atoms with E-state index in [0.29, 0.717) is 28.0 Å². The molecule has 1 N–H and O–H groups in total. The van der Waals surface area contributed by atoms with Gasteiger partial charge in [0, 0.05) is 34.3 Å². The van der Waals surface area contributed by atoms with Gasteiger partial charge in [-0.3, -0.25) is 4.98 Å². The van der Waals surface area contributed by atoms with Crippen LogP contribution in [0.4, 0.5) is 24.7 Å². The van der Waals surface area contributed by atoms with Crippen LogP contribution < -0.4 is 10.1 Å². The van der Waals surface area contributed by atoms with Gasteiger partial charge in [-0.1, -0.05) is 23.2 Å². The van der Waals surface area contributed by atoms with E-state index in [1.54, 1.807) is 30.7 Å². The molecule has 11 heteroatoms. The van der Waals surface area contributed by atoms with Crippen LogP contribution in [0.1, 0.15) is 0 Å². The van der Waals surface area contributed by atoms with Crippen LogP contribution in [0.15, 0.2) is 47.8 Å². The Labute approximate surface area is 182 Å². The summed E-state index contributed by atoms with van der Waals surface area (Å²) >= 11 is 12.2. The number of hydrogen-bond donors (Lipinski definition) is 1. The molecule has 0 unspecified atom stereocenters. The number of rotatable bonds is 4. The van der Waals surface area contributed by atoms with Crippen molar-refractivity contribution >= 4 is 68.1 Å². The number of pyridine rings is 3. The summed E-state index contributed by atoms with van der Waals surface area (Å²) in [4.78, 5) is 12.9. The van der Waals surface area contributed by atoms with Gasteiger partial charge in [0.15, 0.2) is 0 Å². The quantitative estimate of drug-likeness (QED) is 0.260. The Bertz CT molecular complexity index is 1250. The first-order valence-corrected chi connectivity index (χ1v) is 9.92. The number of nitrogens with one attached hydrogen (secondary N) is 1. The van der Waals surface area contributed by atoms with Crippen molar-refractivity contribution < 1.29 is 17.9 Å². The number of thioether (sulfide) groups is 1. The monoisotopic (exact) mass is 470 g/mol. The number of nitrogens with zero attached hydrogens (tertiary/aromatic N) is 3. The second-order valence-electron chi connectivity index (χ2n) is 6.03. The third-order valence-electron chi connectivity index (χ3n) is 4.16. The molecule has 30 heavy (non-hydrogen) atoms. The molecule has 0 radical (unpaired) electrons. The first kappa shape index (κ1) is 20.8. The summed E-state index contributed by atoms with van der Waals surface area (Å²) in [6.07, 6.45) is 4.81. The molecule has 3 aromatic heterocycles. The van der Waals surface area contributed by atoms with E-state index in [1.807, 2.05) is 0 Å².